The number of nitrogens with zero attached hydrogens (tertiary/aromatic N) is 2. The Kier molecular flexibility index (Phi) is 2.95. The zero-order valence-electron chi connectivity index (χ0n) is 9.80. The molecule has 0 amide bonds. The number of anilines is 1. The van der Waals surface area contributed by atoms with E-state index in [4.69, 9.17) is 0 Å². The fourth-order valence-electron chi connectivity index (χ4n) is 1.42. The van der Waals surface area contributed by atoms with E-state index >= 15 is 0 Å². The number of H-pyrrole nitrogens is 1. The third-order valence-corrected chi connectivity index (χ3v) is 3.77. The highest BCUT2D eigenvalue weighted by Gasteiger charge is 2.20. The van der Waals surface area contributed by atoms with E-state index in [9.17, 15) is 13.5 Å². The average Bonchev–Trinajstić information content (AvgIpc) is 2.70. The van der Waals surface area contributed by atoms with E-state index in [2.05, 4.69) is 19.9 Å². The Labute approximate surface area is 104 Å². The van der Waals surface area contributed by atoms with Gasteiger partial charge in [0.2, 0.25) is 0 Å². The second-order valence-corrected chi connectivity index (χ2v) is 5.44. The van der Waals surface area contributed by atoms with Crippen LogP contribution in [0.2, 0.25) is 0 Å². The molecule has 0 spiro atoms. The van der Waals surface area contributed by atoms with Crippen molar-refractivity contribution in [3.63, 3.8) is 0 Å². The van der Waals surface area contributed by atoms with Crippen LogP contribution in [0.5, 0.6) is 5.75 Å². The molecule has 0 atom stereocenters. The minimum absolute atomic E-state index is 0.0187. The third kappa shape index (κ3) is 2.28. The molecule has 0 fully saturated rings. The topological polar surface area (TPSA) is 108 Å². The predicted octanol–water partition coefficient (Wildman–Crippen LogP) is 0.928. The van der Waals surface area contributed by atoms with Crippen LogP contribution in [-0.4, -0.2) is 28.7 Å². The number of hydrogen-bond donors (Lipinski definition) is 3. The molecule has 0 bridgehead atoms. The van der Waals surface area contributed by atoms with Gasteiger partial charge in [-0.25, -0.2) is 13.4 Å². The Hall–Kier alpha value is -2.09. The van der Waals surface area contributed by atoms with Crippen LogP contribution in [0.15, 0.2) is 23.2 Å². The van der Waals surface area contributed by atoms with Crippen LogP contribution in [0.4, 0.5) is 5.82 Å². The molecule has 3 N–H and O–H groups in total. The van der Waals surface area contributed by atoms with Crippen molar-refractivity contribution >= 4 is 15.8 Å². The summed E-state index contributed by atoms with van der Waals surface area (Å²) in [5, 5.41) is 15.7. The fourth-order valence-corrected chi connectivity index (χ4v) is 2.57. The van der Waals surface area contributed by atoms with Gasteiger partial charge in [0, 0.05) is 5.69 Å². The Morgan fingerprint density at radius 2 is 2.06 bits per heavy atom. The Morgan fingerprint density at radius 1 is 1.33 bits per heavy atom. The van der Waals surface area contributed by atoms with Gasteiger partial charge in [0.1, 0.15) is 4.90 Å². The lowest BCUT2D eigenvalue weighted by Gasteiger charge is -2.08. The van der Waals surface area contributed by atoms with Gasteiger partial charge in [-0.1, -0.05) is 0 Å². The van der Waals surface area contributed by atoms with Gasteiger partial charge in [-0.05, 0) is 26.0 Å². The van der Waals surface area contributed by atoms with Crippen molar-refractivity contribution in [3.05, 3.63) is 29.7 Å². The summed E-state index contributed by atoms with van der Waals surface area (Å²) in [5.74, 6) is -0.332. The van der Waals surface area contributed by atoms with Crippen molar-refractivity contribution in [2.24, 2.45) is 0 Å². The first kappa shape index (κ1) is 12.4. The molecule has 7 nitrogen and oxygen atoms in total. The lowest BCUT2D eigenvalue weighted by atomic mass is 10.3. The summed E-state index contributed by atoms with van der Waals surface area (Å²) in [4.78, 5) is 3.95. The van der Waals surface area contributed by atoms with Crippen LogP contribution in [0.1, 0.15) is 11.4 Å². The Bertz CT molecular complexity index is 678. The minimum atomic E-state index is -3.81. The summed E-state index contributed by atoms with van der Waals surface area (Å²) >= 11 is 0. The van der Waals surface area contributed by atoms with Crippen molar-refractivity contribution in [1.82, 2.24) is 15.2 Å². The quantitative estimate of drug-likeness (QED) is 0.767. The normalized spacial score (nSPS) is 11.4. The van der Waals surface area contributed by atoms with Gasteiger partial charge in [0.05, 0.1) is 11.9 Å². The number of pyridine rings is 1. The first-order chi connectivity index (χ1) is 8.40. The Balaban J connectivity index is 2.40. The third-order valence-electron chi connectivity index (χ3n) is 2.32. The predicted molar refractivity (Wildman–Crippen MR) is 64.8 cm³/mol. The largest absolute Gasteiger partial charge is 0.504 e. The molecule has 2 aromatic rings. The van der Waals surface area contributed by atoms with E-state index in [0.29, 0.717) is 11.4 Å². The van der Waals surface area contributed by atoms with E-state index in [0.717, 1.165) is 0 Å². The summed E-state index contributed by atoms with van der Waals surface area (Å²) in [7, 11) is -3.81. The molecule has 8 heteroatoms. The van der Waals surface area contributed by atoms with Gasteiger partial charge in [-0.2, -0.15) is 5.10 Å². The van der Waals surface area contributed by atoms with E-state index < -0.39 is 10.0 Å². The van der Waals surface area contributed by atoms with E-state index in [-0.39, 0.29) is 16.5 Å². The molecule has 0 aliphatic rings. The van der Waals surface area contributed by atoms with Crippen LogP contribution in [0.25, 0.3) is 0 Å². The number of aromatic hydroxyl groups is 1. The van der Waals surface area contributed by atoms with E-state index in [1.54, 1.807) is 19.9 Å². The molecule has 2 heterocycles. The SMILES string of the molecule is Cc1ccc(O)c(NS(=O)(=O)c2cn[nH]c2C)n1. The molecule has 2 rings (SSSR count). The van der Waals surface area contributed by atoms with Gasteiger partial charge >= 0.3 is 0 Å². The van der Waals surface area contributed by atoms with Gasteiger partial charge in [0.15, 0.2) is 11.6 Å². The highest BCUT2D eigenvalue weighted by Crippen LogP contribution is 2.24. The van der Waals surface area contributed by atoms with Crippen LogP contribution in [-0.2, 0) is 10.0 Å². The molecule has 2 aromatic heterocycles. The molecule has 0 saturated heterocycles. The first-order valence-corrected chi connectivity index (χ1v) is 6.58. The standard InChI is InChI=1S/C10H12N4O3S/c1-6-3-4-8(15)10(12-6)14-18(16,17)9-5-11-13-7(9)2/h3-5,15H,1-2H3,(H,11,13)(H,12,14). The molecule has 0 saturated carbocycles. The fraction of sp³-hybridized carbons (Fsp3) is 0.200. The molecular formula is C10H12N4O3S. The maximum Gasteiger partial charge on any atom is 0.266 e. The summed E-state index contributed by atoms with van der Waals surface area (Å²) < 4.78 is 26.3. The van der Waals surface area contributed by atoms with Crippen molar-refractivity contribution in [3.8, 4) is 5.75 Å². The molecule has 0 aromatic carbocycles. The number of hydrogen-bond acceptors (Lipinski definition) is 5. The van der Waals surface area contributed by atoms with Crippen molar-refractivity contribution in [2.45, 2.75) is 18.7 Å². The van der Waals surface area contributed by atoms with Crippen LogP contribution >= 0.6 is 0 Å². The maximum absolute atomic E-state index is 12.0. The number of aromatic nitrogens is 3. The van der Waals surface area contributed by atoms with Crippen molar-refractivity contribution < 1.29 is 13.5 Å². The summed E-state index contributed by atoms with van der Waals surface area (Å²) in [6, 6.07) is 2.96. The zero-order chi connectivity index (χ0) is 13.3. The van der Waals surface area contributed by atoms with Crippen molar-refractivity contribution in [1.29, 1.82) is 0 Å². The second-order valence-electron chi connectivity index (χ2n) is 3.79. The van der Waals surface area contributed by atoms with E-state index in [1.165, 1.54) is 12.3 Å². The van der Waals surface area contributed by atoms with Crippen LogP contribution in [0.3, 0.4) is 0 Å². The summed E-state index contributed by atoms with van der Waals surface area (Å²) in [6.07, 6.45) is 1.20. The van der Waals surface area contributed by atoms with Crippen LogP contribution < -0.4 is 4.72 Å². The number of sulfonamides is 1. The maximum atomic E-state index is 12.0. The number of aryl methyl sites for hydroxylation is 2. The number of aromatic amines is 1. The monoisotopic (exact) mass is 268 g/mol. The molecule has 0 aliphatic heterocycles. The molecule has 0 unspecified atom stereocenters. The lowest BCUT2D eigenvalue weighted by Crippen LogP contribution is -2.14. The molecule has 96 valence electrons. The zero-order valence-corrected chi connectivity index (χ0v) is 10.6. The molecular weight excluding hydrogens is 256 g/mol. The smallest absolute Gasteiger partial charge is 0.266 e. The Morgan fingerprint density at radius 3 is 2.67 bits per heavy atom. The van der Waals surface area contributed by atoms with Crippen molar-refractivity contribution in [2.75, 3.05) is 4.72 Å². The lowest BCUT2D eigenvalue weighted by molar-refractivity contribution is 0.475. The first-order valence-electron chi connectivity index (χ1n) is 5.09. The minimum Gasteiger partial charge on any atom is -0.504 e. The van der Waals surface area contributed by atoms with E-state index in [1.807, 2.05) is 0 Å². The highest BCUT2D eigenvalue weighted by atomic mass is 32.2. The second kappa shape index (κ2) is 4.30. The summed E-state index contributed by atoms with van der Waals surface area (Å²) in [6.45, 7) is 3.28. The number of rotatable bonds is 3. The molecule has 18 heavy (non-hydrogen) atoms. The van der Waals surface area contributed by atoms with Crippen LogP contribution in [0, 0.1) is 13.8 Å². The van der Waals surface area contributed by atoms with Gasteiger partial charge in [-0.15, -0.1) is 0 Å². The average molecular weight is 268 g/mol. The van der Waals surface area contributed by atoms with Gasteiger partial charge in [-0.3, -0.25) is 9.82 Å². The summed E-state index contributed by atoms with van der Waals surface area (Å²) in [5.41, 5.74) is 1.00. The number of nitrogens with one attached hydrogen (secondary N) is 2. The molecule has 0 radical (unpaired) electrons. The molecule has 0 aliphatic carbocycles. The van der Waals surface area contributed by atoms with Gasteiger partial charge < -0.3 is 5.11 Å². The van der Waals surface area contributed by atoms with Gasteiger partial charge in [0.25, 0.3) is 10.0 Å². The highest BCUT2D eigenvalue weighted by molar-refractivity contribution is 7.92.